The molecule has 0 aromatic heterocycles. The smallest absolute Gasteiger partial charge is 0.330 e. The summed E-state index contributed by atoms with van der Waals surface area (Å²) in [6.07, 6.45) is 0.119. The Morgan fingerprint density at radius 1 is 1.35 bits per heavy atom. The van der Waals surface area contributed by atoms with E-state index < -0.39 is 23.2 Å². The minimum atomic E-state index is -0.740. The summed E-state index contributed by atoms with van der Waals surface area (Å²) in [5, 5.41) is 0.623. The molecule has 5 nitrogen and oxygen atoms in total. The highest BCUT2D eigenvalue weighted by Gasteiger charge is 2.44. The van der Waals surface area contributed by atoms with E-state index in [0.29, 0.717) is 5.06 Å². The predicted molar refractivity (Wildman–Crippen MR) is 60.3 cm³/mol. The number of hydrogen-bond acceptors (Lipinski definition) is 4. The van der Waals surface area contributed by atoms with Crippen LogP contribution in [0.15, 0.2) is 0 Å². The van der Waals surface area contributed by atoms with E-state index in [9.17, 15) is 14.4 Å². The van der Waals surface area contributed by atoms with Gasteiger partial charge in [0.05, 0.1) is 11.3 Å². The third-order valence-electron chi connectivity index (χ3n) is 2.73. The Bertz CT molecular complexity index is 354. The molecule has 0 spiro atoms. The fourth-order valence-corrected chi connectivity index (χ4v) is 1.47. The van der Waals surface area contributed by atoms with Gasteiger partial charge in [-0.1, -0.05) is 13.8 Å². The molecule has 0 bridgehead atoms. The van der Waals surface area contributed by atoms with Crippen molar-refractivity contribution >= 4 is 17.8 Å². The van der Waals surface area contributed by atoms with Crippen LogP contribution < -0.4 is 0 Å². The number of amides is 2. The normalized spacial score (nSPS) is 21.3. The van der Waals surface area contributed by atoms with Crippen LogP contribution in [0.25, 0.3) is 0 Å². The van der Waals surface area contributed by atoms with Gasteiger partial charge in [0.1, 0.15) is 0 Å². The molecular weight excluding hydrogens is 222 g/mol. The van der Waals surface area contributed by atoms with Gasteiger partial charge in [-0.25, -0.2) is 4.79 Å². The summed E-state index contributed by atoms with van der Waals surface area (Å²) in [4.78, 5) is 39.9. The Morgan fingerprint density at radius 3 is 2.24 bits per heavy atom. The molecule has 1 unspecified atom stereocenters. The molecule has 0 aliphatic carbocycles. The molecule has 0 aromatic rings. The molecule has 1 aliphatic rings. The van der Waals surface area contributed by atoms with Gasteiger partial charge in [-0.15, -0.1) is 5.06 Å². The molecule has 1 fully saturated rings. The van der Waals surface area contributed by atoms with E-state index >= 15 is 0 Å². The van der Waals surface area contributed by atoms with Crippen molar-refractivity contribution in [2.45, 2.75) is 41.0 Å². The Morgan fingerprint density at radius 2 is 1.88 bits per heavy atom. The Labute approximate surface area is 101 Å². The summed E-state index contributed by atoms with van der Waals surface area (Å²) in [7, 11) is 0. The highest BCUT2D eigenvalue weighted by Crippen LogP contribution is 2.28. The van der Waals surface area contributed by atoms with E-state index in [-0.39, 0.29) is 18.3 Å². The van der Waals surface area contributed by atoms with E-state index in [4.69, 9.17) is 4.84 Å². The lowest BCUT2D eigenvalue weighted by Gasteiger charge is -2.20. The molecule has 1 atom stereocenters. The van der Waals surface area contributed by atoms with Crippen molar-refractivity contribution in [2.75, 3.05) is 0 Å². The number of carbonyl (C=O) groups excluding carboxylic acids is 3. The maximum atomic E-state index is 11.8. The van der Waals surface area contributed by atoms with Crippen LogP contribution in [0.2, 0.25) is 0 Å². The summed E-state index contributed by atoms with van der Waals surface area (Å²) in [5.74, 6) is -1.75. The average Bonchev–Trinajstić information content (AvgIpc) is 2.44. The molecular formula is C12H19NO4. The Hall–Kier alpha value is -1.39. The number of hydroxylamine groups is 2. The first-order chi connectivity index (χ1) is 7.64. The van der Waals surface area contributed by atoms with E-state index in [1.54, 1.807) is 20.8 Å². The maximum absolute atomic E-state index is 11.8. The molecule has 1 aliphatic heterocycles. The zero-order valence-electron chi connectivity index (χ0n) is 10.9. The van der Waals surface area contributed by atoms with E-state index in [1.165, 1.54) is 0 Å². The fraction of sp³-hybridized carbons (Fsp3) is 0.750. The van der Waals surface area contributed by atoms with Gasteiger partial charge in [-0.3, -0.25) is 9.59 Å². The van der Waals surface area contributed by atoms with E-state index in [1.807, 2.05) is 13.8 Å². The lowest BCUT2D eigenvalue weighted by atomic mass is 9.95. The third-order valence-corrected chi connectivity index (χ3v) is 2.73. The van der Waals surface area contributed by atoms with Crippen molar-refractivity contribution in [2.24, 2.45) is 17.3 Å². The van der Waals surface area contributed by atoms with Crippen LogP contribution in [-0.2, 0) is 19.2 Å². The van der Waals surface area contributed by atoms with Crippen molar-refractivity contribution in [3.8, 4) is 0 Å². The molecule has 0 saturated carbocycles. The lowest BCUT2D eigenvalue weighted by molar-refractivity contribution is -0.204. The first kappa shape index (κ1) is 13.7. The maximum Gasteiger partial charge on any atom is 0.338 e. The van der Waals surface area contributed by atoms with Crippen molar-refractivity contribution in [3.05, 3.63) is 0 Å². The molecule has 2 amide bonds. The predicted octanol–water partition coefficient (Wildman–Crippen LogP) is 1.52. The van der Waals surface area contributed by atoms with Crippen LogP contribution in [0.1, 0.15) is 41.0 Å². The molecule has 0 aromatic carbocycles. The van der Waals surface area contributed by atoms with Crippen molar-refractivity contribution in [1.82, 2.24) is 5.06 Å². The Kier molecular flexibility index (Phi) is 3.59. The summed E-state index contributed by atoms with van der Waals surface area (Å²) >= 11 is 0. The van der Waals surface area contributed by atoms with Gasteiger partial charge in [-0.05, 0) is 26.7 Å². The van der Waals surface area contributed by atoms with Crippen molar-refractivity contribution in [1.29, 1.82) is 0 Å². The number of hydrogen-bond donors (Lipinski definition) is 0. The van der Waals surface area contributed by atoms with Gasteiger partial charge in [0.25, 0.3) is 11.8 Å². The molecule has 0 N–H and O–H groups in total. The standard InChI is InChI=1S/C12H19NO4/c1-7(2)8-6-9(14)13(10(8)15)17-11(16)12(3,4)5/h7-8H,6H2,1-5H3. The second-order valence-electron chi connectivity index (χ2n) is 5.71. The van der Waals surface area contributed by atoms with Crippen LogP contribution in [0.5, 0.6) is 0 Å². The highest BCUT2D eigenvalue weighted by atomic mass is 16.7. The summed E-state index contributed by atoms with van der Waals surface area (Å²) in [6.45, 7) is 8.73. The number of nitrogens with zero attached hydrogens (tertiary/aromatic N) is 1. The van der Waals surface area contributed by atoms with E-state index in [2.05, 4.69) is 0 Å². The highest BCUT2D eigenvalue weighted by molar-refractivity contribution is 6.03. The molecule has 1 saturated heterocycles. The van der Waals surface area contributed by atoms with Crippen LogP contribution in [0, 0.1) is 17.3 Å². The largest absolute Gasteiger partial charge is 0.338 e. The first-order valence-electron chi connectivity index (χ1n) is 5.73. The third kappa shape index (κ3) is 2.84. The number of carbonyl (C=O) groups is 3. The quantitative estimate of drug-likeness (QED) is 0.688. The Balaban J connectivity index is 2.77. The van der Waals surface area contributed by atoms with Crippen molar-refractivity contribution < 1.29 is 19.2 Å². The lowest BCUT2D eigenvalue weighted by Crippen LogP contribution is -2.38. The molecule has 96 valence electrons. The minimum absolute atomic E-state index is 0.0600. The SMILES string of the molecule is CC(C)C1CC(=O)N(OC(=O)C(C)(C)C)C1=O. The van der Waals surface area contributed by atoms with Crippen LogP contribution in [-0.4, -0.2) is 22.8 Å². The van der Waals surface area contributed by atoms with Gasteiger partial charge in [-0.2, -0.15) is 0 Å². The first-order valence-corrected chi connectivity index (χ1v) is 5.73. The monoisotopic (exact) mass is 241 g/mol. The molecule has 1 rings (SSSR count). The van der Waals surface area contributed by atoms with Gasteiger partial charge < -0.3 is 4.84 Å². The topological polar surface area (TPSA) is 63.7 Å². The fourth-order valence-electron chi connectivity index (χ4n) is 1.47. The second-order valence-corrected chi connectivity index (χ2v) is 5.71. The van der Waals surface area contributed by atoms with Crippen molar-refractivity contribution in [3.63, 3.8) is 0 Å². The molecule has 1 heterocycles. The molecule has 17 heavy (non-hydrogen) atoms. The zero-order chi connectivity index (χ0) is 13.4. The zero-order valence-corrected chi connectivity index (χ0v) is 10.9. The van der Waals surface area contributed by atoms with E-state index in [0.717, 1.165) is 0 Å². The van der Waals surface area contributed by atoms with Gasteiger partial charge >= 0.3 is 5.97 Å². The minimum Gasteiger partial charge on any atom is -0.330 e. The summed E-state index contributed by atoms with van der Waals surface area (Å²) < 4.78 is 0. The van der Waals surface area contributed by atoms with Gasteiger partial charge in [0.15, 0.2) is 0 Å². The summed E-state index contributed by atoms with van der Waals surface area (Å²) in [6, 6.07) is 0. The van der Waals surface area contributed by atoms with Crippen LogP contribution >= 0.6 is 0 Å². The average molecular weight is 241 g/mol. The van der Waals surface area contributed by atoms with Crippen LogP contribution in [0.3, 0.4) is 0 Å². The number of rotatable bonds is 2. The van der Waals surface area contributed by atoms with Gasteiger partial charge in [0.2, 0.25) is 0 Å². The molecule has 0 radical (unpaired) electrons. The molecule has 5 heteroatoms. The number of imide groups is 1. The van der Waals surface area contributed by atoms with Gasteiger partial charge in [0, 0.05) is 6.42 Å². The summed E-state index contributed by atoms with van der Waals surface area (Å²) in [5.41, 5.74) is -0.740. The van der Waals surface area contributed by atoms with Crippen LogP contribution in [0.4, 0.5) is 0 Å². The second kappa shape index (κ2) is 4.47.